The van der Waals surface area contributed by atoms with Gasteiger partial charge in [0.15, 0.2) is 0 Å². The molecule has 1 fully saturated rings. The number of likely N-dealkylation sites (tertiary alicyclic amines) is 1. The smallest absolute Gasteiger partial charge is 0.0746 e. The molecule has 3 rings (SSSR count). The number of piperidine rings is 1. The van der Waals surface area contributed by atoms with Gasteiger partial charge in [-0.05, 0) is 37.6 Å². The molecule has 0 spiro atoms. The second-order valence-electron chi connectivity index (χ2n) is 4.83. The van der Waals surface area contributed by atoms with Crippen molar-refractivity contribution in [1.82, 2.24) is 9.88 Å². The highest BCUT2D eigenvalue weighted by Gasteiger charge is 2.11. The van der Waals surface area contributed by atoms with Gasteiger partial charge in [0.25, 0.3) is 0 Å². The number of nitrogens with zero attached hydrogens (tertiary/aromatic N) is 2. The summed E-state index contributed by atoms with van der Waals surface area (Å²) in [5, 5.41) is 1.25. The van der Waals surface area contributed by atoms with E-state index in [1.165, 1.54) is 48.8 Å². The highest BCUT2D eigenvalue weighted by molar-refractivity contribution is 8.93. The van der Waals surface area contributed by atoms with Crippen LogP contribution in [0.4, 0.5) is 0 Å². The normalized spacial score (nSPS) is 16.4. The van der Waals surface area contributed by atoms with Gasteiger partial charge in [-0.2, -0.15) is 0 Å². The summed E-state index contributed by atoms with van der Waals surface area (Å²) in [6.45, 7) is 3.53. The number of rotatable bonds is 2. The third-order valence-electron chi connectivity index (χ3n) is 3.56. The highest BCUT2D eigenvalue weighted by Crippen LogP contribution is 2.19. The number of hydrogen-bond donors (Lipinski definition) is 0. The molecule has 2 nitrogen and oxygen atoms in total. The zero-order valence-corrected chi connectivity index (χ0v) is 12.2. The Kier molecular flexibility index (Phi) is 4.72. The number of para-hydroxylation sites is 1. The van der Waals surface area contributed by atoms with E-state index < -0.39 is 0 Å². The van der Waals surface area contributed by atoms with Crippen LogP contribution in [0.5, 0.6) is 0 Å². The van der Waals surface area contributed by atoms with Gasteiger partial charge >= 0.3 is 0 Å². The van der Waals surface area contributed by atoms with E-state index in [0.717, 1.165) is 6.54 Å². The molecule has 1 saturated heterocycles. The van der Waals surface area contributed by atoms with Crippen molar-refractivity contribution < 1.29 is 0 Å². The van der Waals surface area contributed by atoms with E-state index in [0.29, 0.717) is 0 Å². The molecule has 0 saturated carbocycles. The molecule has 0 radical (unpaired) electrons. The Labute approximate surface area is 119 Å². The van der Waals surface area contributed by atoms with Gasteiger partial charge < -0.3 is 0 Å². The van der Waals surface area contributed by atoms with E-state index >= 15 is 0 Å². The monoisotopic (exact) mass is 306 g/mol. The predicted molar refractivity (Wildman–Crippen MR) is 81.2 cm³/mol. The van der Waals surface area contributed by atoms with Crippen LogP contribution in [0, 0.1) is 0 Å². The van der Waals surface area contributed by atoms with Gasteiger partial charge in [-0.15, -0.1) is 17.0 Å². The SMILES string of the molecule is Br.c1cnc2c(CN3CCCCC3)cccc2c1. The van der Waals surface area contributed by atoms with E-state index in [4.69, 9.17) is 0 Å². The maximum absolute atomic E-state index is 4.52. The molecule has 0 atom stereocenters. The van der Waals surface area contributed by atoms with Crippen LogP contribution in [0.25, 0.3) is 10.9 Å². The molecule has 0 N–H and O–H groups in total. The third kappa shape index (κ3) is 2.90. The summed E-state index contributed by atoms with van der Waals surface area (Å²) >= 11 is 0. The van der Waals surface area contributed by atoms with Crippen molar-refractivity contribution in [3.63, 3.8) is 0 Å². The molecule has 0 bridgehead atoms. The maximum Gasteiger partial charge on any atom is 0.0746 e. The molecule has 96 valence electrons. The van der Waals surface area contributed by atoms with Crippen molar-refractivity contribution in [3.8, 4) is 0 Å². The summed E-state index contributed by atoms with van der Waals surface area (Å²) in [6, 6.07) is 10.6. The zero-order valence-electron chi connectivity index (χ0n) is 10.5. The molecule has 0 aliphatic carbocycles. The first-order chi connectivity index (χ1) is 8.43. The van der Waals surface area contributed by atoms with Gasteiger partial charge in [-0.1, -0.05) is 30.7 Å². The highest BCUT2D eigenvalue weighted by atomic mass is 79.9. The van der Waals surface area contributed by atoms with Gasteiger partial charge in [-0.3, -0.25) is 9.88 Å². The number of hydrogen-bond acceptors (Lipinski definition) is 2. The lowest BCUT2D eigenvalue weighted by atomic mass is 10.1. The van der Waals surface area contributed by atoms with Gasteiger partial charge in [0.1, 0.15) is 0 Å². The molecule has 2 heterocycles. The second kappa shape index (κ2) is 6.30. The van der Waals surface area contributed by atoms with Crippen molar-refractivity contribution in [3.05, 3.63) is 42.1 Å². The molecule has 0 amide bonds. The first-order valence-electron chi connectivity index (χ1n) is 6.48. The molecule has 2 aromatic rings. The largest absolute Gasteiger partial charge is 0.299 e. The molecule has 1 aromatic carbocycles. The topological polar surface area (TPSA) is 16.1 Å². The Morgan fingerprint density at radius 3 is 2.61 bits per heavy atom. The second-order valence-corrected chi connectivity index (χ2v) is 4.83. The Morgan fingerprint density at radius 2 is 1.78 bits per heavy atom. The van der Waals surface area contributed by atoms with Gasteiger partial charge in [0.2, 0.25) is 0 Å². The Hall–Kier alpha value is -0.930. The van der Waals surface area contributed by atoms with Crippen LogP contribution in [0.3, 0.4) is 0 Å². The lowest BCUT2D eigenvalue weighted by Crippen LogP contribution is -2.29. The maximum atomic E-state index is 4.52. The summed E-state index contributed by atoms with van der Waals surface area (Å²) in [5.41, 5.74) is 2.53. The van der Waals surface area contributed by atoms with Gasteiger partial charge in [0, 0.05) is 18.1 Å². The van der Waals surface area contributed by atoms with Crippen LogP contribution in [0.2, 0.25) is 0 Å². The van der Waals surface area contributed by atoms with Crippen LogP contribution in [0.15, 0.2) is 36.5 Å². The van der Waals surface area contributed by atoms with Crippen LogP contribution in [-0.2, 0) is 6.54 Å². The fourth-order valence-corrected chi connectivity index (χ4v) is 2.65. The molecule has 1 aliphatic rings. The van der Waals surface area contributed by atoms with Crippen LogP contribution in [0.1, 0.15) is 24.8 Å². The average molecular weight is 307 g/mol. The number of aromatic nitrogens is 1. The minimum absolute atomic E-state index is 0. The first kappa shape index (κ1) is 13.5. The fourth-order valence-electron chi connectivity index (χ4n) is 2.65. The lowest BCUT2D eigenvalue weighted by Gasteiger charge is -2.26. The van der Waals surface area contributed by atoms with Crippen molar-refractivity contribution >= 4 is 27.9 Å². The van der Waals surface area contributed by atoms with Crippen LogP contribution in [-0.4, -0.2) is 23.0 Å². The van der Waals surface area contributed by atoms with E-state index in [1.54, 1.807) is 0 Å². The summed E-state index contributed by atoms with van der Waals surface area (Å²) in [4.78, 5) is 7.07. The molecule has 0 unspecified atom stereocenters. The summed E-state index contributed by atoms with van der Waals surface area (Å²) in [7, 11) is 0. The number of fused-ring (bicyclic) bond motifs is 1. The molecule has 18 heavy (non-hydrogen) atoms. The quantitative estimate of drug-likeness (QED) is 0.839. The predicted octanol–water partition coefficient (Wildman–Crippen LogP) is 3.80. The summed E-state index contributed by atoms with van der Waals surface area (Å²) < 4.78 is 0. The Balaban J connectivity index is 0.00000120. The van der Waals surface area contributed by atoms with Crippen molar-refractivity contribution in [1.29, 1.82) is 0 Å². The number of benzene rings is 1. The van der Waals surface area contributed by atoms with Crippen molar-refractivity contribution in [2.24, 2.45) is 0 Å². The summed E-state index contributed by atoms with van der Waals surface area (Å²) in [6.07, 6.45) is 5.97. The Bertz CT molecular complexity index is 501. The van der Waals surface area contributed by atoms with E-state index in [1.807, 2.05) is 12.3 Å². The molecular weight excluding hydrogens is 288 g/mol. The van der Waals surface area contributed by atoms with E-state index in [9.17, 15) is 0 Å². The van der Waals surface area contributed by atoms with E-state index in [-0.39, 0.29) is 17.0 Å². The molecule has 1 aliphatic heterocycles. The van der Waals surface area contributed by atoms with Crippen molar-refractivity contribution in [2.75, 3.05) is 13.1 Å². The van der Waals surface area contributed by atoms with Gasteiger partial charge in [0.05, 0.1) is 5.52 Å². The standard InChI is InChI=1S/C15H18N2.BrH/c1-2-10-17(11-3-1)12-14-7-4-6-13-8-5-9-16-15(13)14;/h4-9H,1-3,10-12H2;1H. The Morgan fingerprint density at radius 1 is 1.00 bits per heavy atom. The number of pyridine rings is 1. The van der Waals surface area contributed by atoms with Gasteiger partial charge in [-0.25, -0.2) is 0 Å². The van der Waals surface area contributed by atoms with Crippen molar-refractivity contribution in [2.45, 2.75) is 25.8 Å². The van der Waals surface area contributed by atoms with E-state index in [2.05, 4.69) is 34.1 Å². The fraction of sp³-hybridized carbons (Fsp3) is 0.400. The first-order valence-corrected chi connectivity index (χ1v) is 6.48. The zero-order chi connectivity index (χ0) is 11.5. The number of halogens is 1. The molecule has 3 heteroatoms. The lowest BCUT2D eigenvalue weighted by molar-refractivity contribution is 0.221. The van der Waals surface area contributed by atoms with Crippen LogP contribution < -0.4 is 0 Å². The molecular formula is C15H19BrN2. The summed E-state index contributed by atoms with van der Waals surface area (Å²) in [5.74, 6) is 0. The third-order valence-corrected chi connectivity index (χ3v) is 3.56. The molecule has 1 aromatic heterocycles. The minimum Gasteiger partial charge on any atom is -0.299 e. The van der Waals surface area contributed by atoms with Crippen LogP contribution >= 0.6 is 17.0 Å². The minimum atomic E-state index is 0. The average Bonchev–Trinajstić information content (AvgIpc) is 2.40.